The van der Waals surface area contributed by atoms with Crippen LogP contribution in [0.1, 0.15) is 5.69 Å². The number of nitrogens with zero attached hydrogens (tertiary/aromatic N) is 2. The molecule has 1 heterocycles. The lowest BCUT2D eigenvalue weighted by Gasteiger charge is -1.99. The van der Waals surface area contributed by atoms with Crippen LogP contribution in [0.4, 0.5) is 0 Å². The SMILES string of the molecule is Cc1cc(=O)n(CC=CCN)cn1. The van der Waals surface area contributed by atoms with Crippen molar-refractivity contribution in [3.05, 3.63) is 40.6 Å². The van der Waals surface area contributed by atoms with Gasteiger partial charge in [-0.25, -0.2) is 4.98 Å². The van der Waals surface area contributed by atoms with Crippen LogP contribution in [0, 0.1) is 6.92 Å². The second-order valence-corrected chi connectivity index (χ2v) is 2.73. The van der Waals surface area contributed by atoms with Crippen molar-refractivity contribution >= 4 is 0 Å². The molecule has 0 aliphatic rings. The molecule has 1 rings (SSSR count). The predicted molar refractivity (Wildman–Crippen MR) is 51.4 cm³/mol. The average molecular weight is 179 g/mol. The minimum absolute atomic E-state index is 0.0332. The van der Waals surface area contributed by atoms with Gasteiger partial charge in [0.1, 0.15) is 0 Å². The van der Waals surface area contributed by atoms with E-state index in [-0.39, 0.29) is 5.56 Å². The van der Waals surface area contributed by atoms with E-state index in [4.69, 9.17) is 5.73 Å². The summed E-state index contributed by atoms with van der Waals surface area (Å²) in [5, 5.41) is 0. The van der Waals surface area contributed by atoms with E-state index in [1.807, 2.05) is 12.2 Å². The molecule has 1 aromatic heterocycles. The fourth-order valence-electron chi connectivity index (χ4n) is 0.938. The number of hydrogen-bond donors (Lipinski definition) is 1. The molecule has 0 fully saturated rings. The van der Waals surface area contributed by atoms with Gasteiger partial charge in [0.25, 0.3) is 5.56 Å². The first-order chi connectivity index (χ1) is 6.24. The molecule has 0 saturated carbocycles. The molecule has 4 heteroatoms. The average Bonchev–Trinajstić information content (AvgIpc) is 2.09. The van der Waals surface area contributed by atoms with Crippen molar-refractivity contribution in [1.29, 1.82) is 0 Å². The first-order valence-electron chi connectivity index (χ1n) is 4.12. The summed E-state index contributed by atoms with van der Waals surface area (Å²) in [4.78, 5) is 15.3. The van der Waals surface area contributed by atoms with Crippen LogP contribution in [0.25, 0.3) is 0 Å². The van der Waals surface area contributed by atoms with Gasteiger partial charge in [0, 0.05) is 24.8 Å². The maximum absolute atomic E-state index is 11.3. The molecule has 0 radical (unpaired) electrons. The van der Waals surface area contributed by atoms with Gasteiger partial charge in [-0.15, -0.1) is 0 Å². The minimum Gasteiger partial charge on any atom is -0.327 e. The molecule has 0 unspecified atom stereocenters. The van der Waals surface area contributed by atoms with Crippen LogP contribution in [0.3, 0.4) is 0 Å². The van der Waals surface area contributed by atoms with Crippen molar-refractivity contribution in [2.24, 2.45) is 5.73 Å². The molecule has 0 amide bonds. The molecule has 2 N–H and O–H groups in total. The molecule has 70 valence electrons. The van der Waals surface area contributed by atoms with Crippen LogP contribution < -0.4 is 11.3 Å². The fraction of sp³-hybridized carbons (Fsp3) is 0.333. The number of aryl methyl sites for hydroxylation is 1. The van der Waals surface area contributed by atoms with Crippen LogP contribution in [0.2, 0.25) is 0 Å². The summed E-state index contributed by atoms with van der Waals surface area (Å²) in [5.74, 6) is 0. The molecule has 0 atom stereocenters. The molecule has 0 bridgehead atoms. The van der Waals surface area contributed by atoms with Crippen molar-refractivity contribution in [1.82, 2.24) is 9.55 Å². The third-order valence-corrected chi connectivity index (χ3v) is 1.62. The lowest BCUT2D eigenvalue weighted by molar-refractivity contribution is 0.745. The smallest absolute Gasteiger partial charge is 0.253 e. The Labute approximate surface area is 76.7 Å². The molecule has 4 nitrogen and oxygen atoms in total. The van der Waals surface area contributed by atoms with Gasteiger partial charge in [-0.1, -0.05) is 12.2 Å². The first-order valence-corrected chi connectivity index (χ1v) is 4.12. The highest BCUT2D eigenvalue weighted by Crippen LogP contribution is 1.85. The lowest BCUT2D eigenvalue weighted by atomic mass is 10.4. The van der Waals surface area contributed by atoms with Crippen molar-refractivity contribution in [3.63, 3.8) is 0 Å². The Morgan fingerprint density at radius 2 is 2.38 bits per heavy atom. The number of rotatable bonds is 3. The summed E-state index contributed by atoms with van der Waals surface area (Å²) in [7, 11) is 0. The number of allylic oxidation sites excluding steroid dienone is 1. The second-order valence-electron chi connectivity index (χ2n) is 2.73. The zero-order chi connectivity index (χ0) is 9.68. The standard InChI is InChI=1S/C9H13N3O/c1-8-6-9(13)12(7-11-8)5-3-2-4-10/h2-3,6-7H,4-5,10H2,1H3. The quantitative estimate of drug-likeness (QED) is 0.668. The molecule has 0 saturated heterocycles. The Kier molecular flexibility index (Phi) is 3.40. The van der Waals surface area contributed by atoms with Gasteiger partial charge < -0.3 is 5.73 Å². The summed E-state index contributed by atoms with van der Waals surface area (Å²) in [5.41, 5.74) is 5.97. The van der Waals surface area contributed by atoms with E-state index in [1.54, 1.807) is 13.3 Å². The first kappa shape index (κ1) is 9.67. The monoisotopic (exact) mass is 179 g/mol. The lowest BCUT2D eigenvalue weighted by Crippen LogP contribution is -2.19. The number of nitrogens with two attached hydrogens (primary N) is 1. The summed E-state index contributed by atoms with van der Waals surface area (Å²) >= 11 is 0. The highest BCUT2D eigenvalue weighted by molar-refractivity contribution is 4.97. The maximum atomic E-state index is 11.3. The maximum Gasteiger partial charge on any atom is 0.253 e. The van der Waals surface area contributed by atoms with Gasteiger partial charge in [-0.05, 0) is 6.92 Å². The highest BCUT2D eigenvalue weighted by Gasteiger charge is 1.93. The second kappa shape index (κ2) is 4.57. The molecule has 0 spiro atoms. The Hall–Kier alpha value is -1.42. The zero-order valence-corrected chi connectivity index (χ0v) is 7.60. The Balaban J connectivity index is 2.78. The van der Waals surface area contributed by atoms with E-state index in [2.05, 4.69) is 4.98 Å². The summed E-state index contributed by atoms with van der Waals surface area (Å²) in [6.45, 7) is 2.82. The molecule has 0 aromatic carbocycles. The predicted octanol–water partition coefficient (Wildman–Crippen LogP) is 0.0666. The van der Waals surface area contributed by atoms with E-state index >= 15 is 0 Å². The Morgan fingerprint density at radius 3 is 3.00 bits per heavy atom. The van der Waals surface area contributed by atoms with Crippen LogP contribution in [-0.4, -0.2) is 16.1 Å². The summed E-state index contributed by atoms with van der Waals surface area (Å²) in [6, 6.07) is 1.51. The van der Waals surface area contributed by atoms with Crippen LogP contribution in [-0.2, 0) is 6.54 Å². The van der Waals surface area contributed by atoms with Crippen molar-refractivity contribution < 1.29 is 0 Å². The normalized spacial score (nSPS) is 10.9. The van der Waals surface area contributed by atoms with Gasteiger partial charge in [-0.3, -0.25) is 9.36 Å². The Bertz CT molecular complexity index is 354. The van der Waals surface area contributed by atoms with E-state index in [1.165, 1.54) is 10.6 Å². The third-order valence-electron chi connectivity index (χ3n) is 1.62. The highest BCUT2D eigenvalue weighted by atomic mass is 16.1. The van der Waals surface area contributed by atoms with Crippen molar-refractivity contribution in [3.8, 4) is 0 Å². The molecule has 0 aliphatic carbocycles. The van der Waals surface area contributed by atoms with Gasteiger partial charge in [-0.2, -0.15) is 0 Å². The molecule has 0 aliphatic heterocycles. The topological polar surface area (TPSA) is 60.9 Å². The third kappa shape index (κ3) is 2.83. The van der Waals surface area contributed by atoms with Gasteiger partial charge in [0.2, 0.25) is 0 Å². The van der Waals surface area contributed by atoms with Crippen LogP contribution >= 0.6 is 0 Å². The van der Waals surface area contributed by atoms with Gasteiger partial charge >= 0.3 is 0 Å². The largest absolute Gasteiger partial charge is 0.327 e. The van der Waals surface area contributed by atoms with Crippen LogP contribution in [0.5, 0.6) is 0 Å². The summed E-state index contributed by atoms with van der Waals surface area (Å²) < 4.78 is 1.53. The zero-order valence-electron chi connectivity index (χ0n) is 7.60. The molecular formula is C9H13N3O. The molecule has 13 heavy (non-hydrogen) atoms. The van der Waals surface area contributed by atoms with E-state index in [0.29, 0.717) is 13.1 Å². The molecule has 1 aromatic rings. The van der Waals surface area contributed by atoms with Crippen molar-refractivity contribution in [2.45, 2.75) is 13.5 Å². The van der Waals surface area contributed by atoms with E-state index in [9.17, 15) is 4.79 Å². The van der Waals surface area contributed by atoms with E-state index in [0.717, 1.165) is 5.69 Å². The number of aromatic nitrogens is 2. The Morgan fingerprint density at radius 1 is 1.62 bits per heavy atom. The molecular weight excluding hydrogens is 166 g/mol. The minimum atomic E-state index is -0.0332. The van der Waals surface area contributed by atoms with Gasteiger partial charge in [0.15, 0.2) is 0 Å². The summed E-state index contributed by atoms with van der Waals surface area (Å²) in [6.07, 6.45) is 5.20. The van der Waals surface area contributed by atoms with Crippen molar-refractivity contribution in [2.75, 3.05) is 6.54 Å². The number of hydrogen-bond acceptors (Lipinski definition) is 3. The van der Waals surface area contributed by atoms with Crippen LogP contribution in [0.15, 0.2) is 29.3 Å². The van der Waals surface area contributed by atoms with E-state index < -0.39 is 0 Å². The van der Waals surface area contributed by atoms with Gasteiger partial charge in [0.05, 0.1) is 6.33 Å². The fourth-order valence-corrected chi connectivity index (χ4v) is 0.938.